The summed E-state index contributed by atoms with van der Waals surface area (Å²) < 4.78 is 40.5. The molecule has 8 heteroatoms. The van der Waals surface area contributed by atoms with Crippen molar-refractivity contribution in [1.29, 1.82) is 0 Å². The van der Waals surface area contributed by atoms with Crippen LogP contribution in [0.4, 0.5) is 24.5 Å². The molecule has 0 spiro atoms. The molecule has 0 aliphatic carbocycles. The molecule has 0 aliphatic rings. The second-order valence-electron chi connectivity index (χ2n) is 5.55. The van der Waals surface area contributed by atoms with Crippen LogP contribution in [0.3, 0.4) is 0 Å². The van der Waals surface area contributed by atoms with Gasteiger partial charge in [-0.1, -0.05) is 30.3 Å². The van der Waals surface area contributed by atoms with Crippen molar-refractivity contribution in [3.05, 3.63) is 72.4 Å². The van der Waals surface area contributed by atoms with Crippen LogP contribution in [-0.4, -0.2) is 17.3 Å². The Hall–Kier alpha value is -3.55. The first-order valence-corrected chi connectivity index (χ1v) is 7.80. The van der Waals surface area contributed by atoms with E-state index in [0.29, 0.717) is 11.3 Å². The Morgan fingerprint density at radius 1 is 1.04 bits per heavy atom. The molecule has 27 heavy (non-hydrogen) atoms. The molecular weight excluding hydrogens is 359 g/mol. The van der Waals surface area contributed by atoms with Gasteiger partial charge in [0.05, 0.1) is 16.9 Å². The lowest BCUT2D eigenvalue weighted by atomic mass is 10.1. The van der Waals surface area contributed by atoms with Gasteiger partial charge in [0, 0.05) is 17.4 Å². The highest BCUT2D eigenvalue weighted by Crippen LogP contribution is 2.30. The number of nitrogens with two attached hydrogens (primary N) is 1. The zero-order valence-electron chi connectivity index (χ0n) is 13.8. The Kier molecular flexibility index (Phi) is 4.98. The van der Waals surface area contributed by atoms with Gasteiger partial charge in [0.15, 0.2) is 5.75 Å². The number of nitrogens with zero attached hydrogens (tertiary/aromatic N) is 1. The molecule has 2 aromatic carbocycles. The second-order valence-corrected chi connectivity index (χ2v) is 5.55. The van der Waals surface area contributed by atoms with Gasteiger partial charge in [-0.3, -0.25) is 9.78 Å². The highest BCUT2D eigenvalue weighted by atomic mass is 19.4. The Morgan fingerprint density at radius 2 is 1.78 bits per heavy atom. The van der Waals surface area contributed by atoms with Crippen LogP contribution in [0.25, 0.3) is 11.3 Å². The van der Waals surface area contributed by atoms with Crippen LogP contribution in [0.2, 0.25) is 0 Å². The number of alkyl halides is 3. The van der Waals surface area contributed by atoms with Crippen molar-refractivity contribution in [3.8, 4) is 17.0 Å². The summed E-state index contributed by atoms with van der Waals surface area (Å²) in [4.78, 5) is 16.5. The number of benzene rings is 2. The Bertz CT molecular complexity index is 943. The van der Waals surface area contributed by atoms with Crippen molar-refractivity contribution in [2.45, 2.75) is 6.36 Å². The van der Waals surface area contributed by atoms with E-state index in [2.05, 4.69) is 15.0 Å². The molecule has 1 heterocycles. The fraction of sp³-hybridized carbons (Fsp3) is 0.0526. The summed E-state index contributed by atoms with van der Waals surface area (Å²) in [5.74, 6) is -1.000. The molecule has 0 unspecified atom stereocenters. The SMILES string of the molecule is Nc1cc(NC(=O)c2ccc(-c3ccccc3)nc2)ccc1OC(F)(F)F. The maximum atomic E-state index is 12.3. The van der Waals surface area contributed by atoms with Gasteiger partial charge >= 0.3 is 6.36 Å². The predicted molar refractivity (Wildman–Crippen MR) is 95.2 cm³/mol. The van der Waals surface area contributed by atoms with Crippen LogP contribution < -0.4 is 15.8 Å². The fourth-order valence-electron chi connectivity index (χ4n) is 2.35. The summed E-state index contributed by atoms with van der Waals surface area (Å²) in [5, 5.41) is 2.55. The van der Waals surface area contributed by atoms with E-state index in [1.54, 1.807) is 12.1 Å². The number of carbonyl (C=O) groups excluding carboxylic acids is 1. The topological polar surface area (TPSA) is 77.2 Å². The molecule has 3 aromatic rings. The van der Waals surface area contributed by atoms with Crippen molar-refractivity contribution in [2.24, 2.45) is 0 Å². The number of pyridine rings is 1. The van der Waals surface area contributed by atoms with E-state index in [-0.39, 0.29) is 11.4 Å². The van der Waals surface area contributed by atoms with E-state index in [0.717, 1.165) is 11.6 Å². The van der Waals surface area contributed by atoms with Crippen LogP contribution in [0, 0.1) is 0 Å². The molecule has 0 fully saturated rings. The van der Waals surface area contributed by atoms with Crippen molar-refractivity contribution >= 4 is 17.3 Å². The fourth-order valence-corrected chi connectivity index (χ4v) is 2.35. The summed E-state index contributed by atoms with van der Waals surface area (Å²) in [6, 6.07) is 16.3. The monoisotopic (exact) mass is 373 g/mol. The molecule has 0 atom stereocenters. The number of carbonyl (C=O) groups is 1. The van der Waals surface area contributed by atoms with Gasteiger partial charge in [0.25, 0.3) is 5.91 Å². The third-order valence-electron chi connectivity index (χ3n) is 3.59. The van der Waals surface area contributed by atoms with Crippen molar-refractivity contribution < 1.29 is 22.7 Å². The lowest BCUT2D eigenvalue weighted by Gasteiger charge is -2.12. The van der Waals surface area contributed by atoms with Crippen molar-refractivity contribution in [3.63, 3.8) is 0 Å². The lowest BCUT2D eigenvalue weighted by Crippen LogP contribution is -2.18. The molecule has 5 nitrogen and oxygen atoms in total. The quantitative estimate of drug-likeness (QED) is 0.661. The maximum absolute atomic E-state index is 12.3. The molecule has 0 bridgehead atoms. The normalized spacial score (nSPS) is 11.1. The van der Waals surface area contributed by atoms with Crippen LogP contribution in [0.5, 0.6) is 5.75 Å². The standard InChI is InChI=1S/C19H14F3N3O2/c20-19(21,22)27-17-9-7-14(10-15(17)23)25-18(26)13-6-8-16(24-11-13)12-4-2-1-3-5-12/h1-11H,23H2,(H,25,26). The molecule has 3 rings (SSSR count). The summed E-state index contributed by atoms with van der Waals surface area (Å²) >= 11 is 0. The number of nitrogens with one attached hydrogen (secondary N) is 1. The largest absolute Gasteiger partial charge is 0.573 e. The zero-order chi connectivity index (χ0) is 19.4. The number of aromatic nitrogens is 1. The smallest absolute Gasteiger partial charge is 0.404 e. The highest BCUT2D eigenvalue weighted by molar-refractivity contribution is 6.04. The Morgan fingerprint density at radius 3 is 2.37 bits per heavy atom. The minimum atomic E-state index is -4.84. The average Bonchev–Trinajstić information content (AvgIpc) is 2.64. The zero-order valence-corrected chi connectivity index (χ0v) is 13.8. The first kappa shape index (κ1) is 18.2. The number of hydrogen-bond donors (Lipinski definition) is 2. The molecule has 0 aliphatic heterocycles. The molecule has 0 radical (unpaired) electrons. The summed E-state index contributed by atoms with van der Waals surface area (Å²) in [5.41, 5.74) is 7.45. The van der Waals surface area contributed by atoms with Crippen molar-refractivity contribution in [2.75, 3.05) is 11.1 Å². The third kappa shape index (κ3) is 4.75. The number of hydrogen-bond acceptors (Lipinski definition) is 4. The number of rotatable bonds is 4. The second kappa shape index (κ2) is 7.36. The number of ether oxygens (including phenoxy) is 1. The van der Waals surface area contributed by atoms with Gasteiger partial charge in [-0.25, -0.2) is 0 Å². The van der Waals surface area contributed by atoms with E-state index >= 15 is 0 Å². The van der Waals surface area contributed by atoms with E-state index in [1.807, 2.05) is 30.3 Å². The molecule has 1 aromatic heterocycles. The van der Waals surface area contributed by atoms with Crippen LogP contribution in [-0.2, 0) is 0 Å². The Labute approximate surface area is 152 Å². The molecule has 138 valence electrons. The first-order chi connectivity index (χ1) is 12.8. The van der Waals surface area contributed by atoms with Gasteiger partial charge in [-0.15, -0.1) is 13.2 Å². The number of halogens is 3. The maximum Gasteiger partial charge on any atom is 0.573 e. The predicted octanol–water partition coefficient (Wildman–Crippen LogP) is 4.48. The molecular formula is C19H14F3N3O2. The van der Waals surface area contributed by atoms with Crippen molar-refractivity contribution in [1.82, 2.24) is 4.98 Å². The van der Waals surface area contributed by atoms with Gasteiger partial charge in [0.2, 0.25) is 0 Å². The summed E-state index contributed by atoms with van der Waals surface area (Å²) in [6.07, 6.45) is -3.42. The van der Waals surface area contributed by atoms with Gasteiger partial charge in [-0.2, -0.15) is 0 Å². The van der Waals surface area contributed by atoms with E-state index in [4.69, 9.17) is 5.73 Å². The van der Waals surface area contributed by atoms with E-state index in [9.17, 15) is 18.0 Å². The number of amides is 1. The third-order valence-corrected chi connectivity index (χ3v) is 3.59. The van der Waals surface area contributed by atoms with Crippen LogP contribution in [0.1, 0.15) is 10.4 Å². The molecule has 0 saturated heterocycles. The molecule has 3 N–H and O–H groups in total. The van der Waals surface area contributed by atoms with Gasteiger partial charge in [-0.05, 0) is 30.3 Å². The minimum absolute atomic E-state index is 0.235. The molecule has 0 saturated carbocycles. The minimum Gasteiger partial charge on any atom is -0.404 e. The van der Waals surface area contributed by atoms with E-state index in [1.165, 1.54) is 18.3 Å². The molecule has 1 amide bonds. The number of nitrogen functional groups attached to an aromatic ring is 1. The van der Waals surface area contributed by atoms with Gasteiger partial charge in [0.1, 0.15) is 0 Å². The first-order valence-electron chi connectivity index (χ1n) is 7.80. The Balaban J connectivity index is 1.71. The van der Waals surface area contributed by atoms with E-state index < -0.39 is 18.0 Å². The average molecular weight is 373 g/mol. The van der Waals surface area contributed by atoms with Crippen LogP contribution in [0.15, 0.2) is 66.9 Å². The van der Waals surface area contributed by atoms with Gasteiger partial charge < -0.3 is 15.8 Å². The lowest BCUT2D eigenvalue weighted by molar-refractivity contribution is -0.274. The summed E-state index contributed by atoms with van der Waals surface area (Å²) in [6.45, 7) is 0. The summed E-state index contributed by atoms with van der Waals surface area (Å²) in [7, 11) is 0. The van der Waals surface area contributed by atoms with Crippen LogP contribution >= 0.6 is 0 Å². The number of anilines is 2. The highest BCUT2D eigenvalue weighted by Gasteiger charge is 2.31.